The van der Waals surface area contributed by atoms with E-state index in [0.29, 0.717) is 6.54 Å². The minimum absolute atomic E-state index is 0.00306. The van der Waals surface area contributed by atoms with Crippen LogP contribution in [0.15, 0.2) is 23.0 Å². The van der Waals surface area contributed by atoms with Gasteiger partial charge in [0.1, 0.15) is 0 Å². The number of anilines is 1. The molecule has 0 amide bonds. The van der Waals surface area contributed by atoms with Gasteiger partial charge in [0.15, 0.2) is 0 Å². The van der Waals surface area contributed by atoms with E-state index < -0.39 is 0 Å². The molecule has 0 atom stereocenters. The lowest BCUT2D eigenvalue weighted by atomic mass is 10.1. The molecule has 0 aliphatic carbocycles. The van der Waals surface area contributed by atoms with Gasteiger partial charge in [-0.3, -0.25) is 14.2 Å². The normalized spacial score (nSPS) is 10.8. The fourth-order valence-corrected chi connectivity index (χ4v) is 2.21. The number of hydrogen-bond donors (Lipinski definition) is 1. The third-order valence-corrected chi connectivity index (χ3v) is 3.85. The molecule has 1 aromatic heterocycles. The Morgan fingerprint density at radius 1 is 1.11 bits per heavy atom. The van der Waals surface area contributed by atoms with Crippen LogP contribution in [0.4, 0.5) is 5.69 Å². The second-order valence-corrected chi connectivity index (χ2v) is 5.20. The van der Waals surface area contributed by atoms with Crippen molar-refractivity contribution in [2.24, 2.45) is 14.1 Å². The smallest absolute Gasteiger partial charge is 0.266 e. The fraction of sp³-hybridized carbons (Fsp3) is 0.357. The predicted molar refractivity (Wildman–Crippen MR) is 78.9 cm³/mol. The summed E-state index contributed by atoms with van der Waals surface area (Å²) >= 11 is 6.08. The molecule has 1 aromatic carbocycles. The first kappa shape index (κ1) is 13.7. The molecule has 1 N–H and O–H groups in total. The SMILES string of the molecule is Cc1cc(NCc2cc(=O)n(C)n2C)c(C)cc1Cl. The Labute approximate surface area is 117 Å². The van der Waals surface area contributed by atoms with E-state index in [1.165, 1.54) is 0 Å². The lowest BCUT2D eigenvalue weighted by Gasteiger charge is -2.12. The van der Waals surface area contributed by atoms with Gasteiger partial charge in [-0.15, -0.1) is 0 Å². The fourth-order valence-electron chi connectivity index (χ4n) is 1.99. The largest absolute Gasteiger partial charge is 0.379 e. The van der Waals surface area contributed by atoms with Crippen LogP contribution in [-0.2, 0) is 20.6 Å². The highest BCUT2D eigenvalue weighted by atomic mass is 35.5. The molecule has 0 aliphatic heterocycles. The van der Waals surface area contributed by atoms with Gasteiger partial charge >= 0.3 is 0 Å². The number of nitrogens with one attached hydrogen (secondary N) is 1. The quantitative estimate of drug-likeness (QED) is 0.938. The van der Waals surface area contributed by atoms with Gasteiger partial charge < -0.3 is 5.32 Å². The summed E-state index contributed by atoms with van der Waals surface area (Å²) in [7, 11) is 3.63. The van der Waals surface area contributed by atoms with Crippen LogP contribution in [0.25, 0.3) is 0 Å². The highest BCUT2D eigenvalue weighted by Gasteiger charge is 2.07. The predicted octanol–water partition coefficient (Wildman–Crippen LogP) is 2.61. The Balaban J connectivity index is 2.21. The first-order valence-electron chi connectivity index (χ1n) is 6.12. The van der Waals surface area contributed by atoms with E-state index in [1.54, 1.807) is 17.8 Å². The maximum Gasteiger partial charge on any atom is 0.266 e. The van der Waals surface area contributed by atoms with Crippen LogP contribution in [0.3, 0.4) is 0 Å². The van der Waals surface area contributed by atoms with Crippen LogP contribution < -0.4 is 10.9 Å². The van der Waals surface area contributed by atoms with E-state index in [0.717, 1.165) is 27.5 Å². The zero-order chi connectivity index (χ0) is 14.2. The summed E-state index contributed by atoms with van der Waals surface area (Å²) in [5.41, 5.74) is 4.12. The molecular weight excluding hydrogens is 262 g/mol. The molecule has 0 radical (unpaired) electrons. The van der Waals surface area contributed by atoms with Gasteiger partial charge in [0.05, 0.1) is 12.2 Å². The number of benzene rings is 1. The van der Waals surface area contributed by atoms with Gasteiger partial charge in [0.2, 0.25) is 0 Å². The first-order chi connectivity index (χ1) is 8.90. The first-order valence-corrected chi connectivity index (χ1v) is 6.50. The molecule has 5 heteroatoms. The third-order valence-electron chi connectivity index (χ3n) is 3.44. The molecule has 4 nitrogen and oxygen atoms in total. The van der Waals surface area contributed by atoms with Crippen LogP contribution >= 0.6 is 11.6 Å². The lowest BCUT2D eigenvalue weighted by Crippen LogP contribution is -2.17. The van der Waals surface area contributed by atoms with Crippen LogP contribution in [0.5, 0.6) is 0 Å². The topological polar surface area (TPSA) is 39.0 Å². The molecule has 2 aromatic rings. The maximum absolute atomic E-state index is 11.5. The van der Waals surface area contributed by atoms with Gasteiger partial charge in [0.25, 0.3) is 5.56 Å². The maximum atomic E-state index is 11.5. The van der Waals surface area contributed by atoms with E-state index in [4.69, 9.17) is 11.6 Å². The Morgan fingerprint density at radius 2 is 1.79 bits per heavy atom. The van der Waals surface area contributed by atoms with E-state index >= 15 is 0 Å². The van der Waals surface area contributed by atoms with Crippen molar-refractivity contribution in [3.8, 4) is 0 Å². The van der Waals surface area contributed by atoms with Crippen LogP contribution in [0.1, 0.15) is 16.8 Å². The summed E-state index contributed by atoms with van der Waals surface area (Å²) in [6.07, 6.45) is 0. The molecule has 2 rings (SSSR count). The number of aryl methyl sites for hydroxylation is 2. The van der Waals surface area contributed by atoms with Crippen molar-refractivity contribution in [2.45, 2.75) is 20.4 Å². The van der Waals surface area contributed by atoms with Crippen molar-refractivity contribution >= 4 is 17.3 Å². The highest BCUT2D eigenvalue weighted by Crippen LogP contribution is 2.24. The van der Waals surface area contributed by atoms with Gasteiger partial charge in [-0.1, -0.05) is 11.6 Å². The number of halogens is 1. The number of rotatable bonds is 3. The Morgan fingerprint density at radius 3 is 2.37 bits per heavy atom. The van der Waals surface area contributed by atoms with Gasteiger partial charge in [-0.05, 0) is 37.1 Å². The van der Waals surface area contributed by atoms with Crippen molar-refractivity contribution in [3.05, 3.63) is 50.4 Å². The van der Waals surface area contributed by atoms with Crippen molar-refractivity contribution in [1.82, 2.24) is 9.36 Å². The number of aromatic nitrogens is 2. The molecule has 0 aliphatic rings. The van der Waals surface area contributed by atoms with E-state index in [1.807, 2.05) is 37.7 Å². The number of nitrogens with zero attached hydrogens (tertiary/aromatic N) is 2. The summed E-state index contributed by atoms with van der Waals surface area (Å²) < 4.78 is 3.42. The molecule has 102 valence electrons. The van der Waals surface area contributed by atoms with Gasteiger partial charge in [-0.2, -0.15) is 0 Å². The highest BCUT2D eigenvalue weighted by molar-refractivity contribution is 6.31. The van der Waals surface area contributed by atoms with Gasteiger partial charge in [0, 0.05) is 30.9 Å². The van der Waals surface area contributed by atoms with E-state index in [9.17, 15) is 4.79 Å². The standard InChI is InChI=1S/C14H18ClN3O/c1-9-6-13(10(2)5-12(9)15)16-8-11-7-14(19)18(4)17(11)3/h5-7,16H,8H2,1-4H3. The van der Waals surface area contributed by atoms with Crippen molar-refractivity contribution < 1.29 is 0 Å². The molecular formula is C14H18ClN3O. The summed E-state index contributed by atoms with van der Waals surface area (Å²) in [5.74, 6) is 0. The van der Waals surface area contributed by atoms with Gasteiger partial charge in [-0.25, -0.2) is 0 Å². The summed E-state index contributed by atoms with van der Waals surface area (Å²) in [6.45, 7) is 4.59. The Kier molecular flexibility index (Phi) is 3.71. The average Bonchev–Trinajstić information content (AvgIpc) is 2.60. The summed E-state index contributed by atoms with van der Waals surface area (Å²) in [4.78, 5) is 11.5. The number of hydrogen-bond acceptors (Lipinski definition) is 2. The lowest BCUT2D eigenvalue weighted by molar-refractivity contribution is 0.560. The van der Waals surface area contributed by atoms with Crippen LogP contribution in [0.2, 0.25) is 5.02 Å². The minimum atomic E-state index is 0.00306. The van der Waals surface area contributed by atoms with Crippen molar-refractivity contribution in [3.63, 3.8) is 0 Å². The Hall–Kier alpha value is -1.68. The molecule has 19 heavy (non-hydrogen) atoms. The molecule has 0 spiro atoms. The zero-order valence-electron chi connectivity index (χ0n) is 11.6. The molecule has 0 saturated carbocycles. The Bertz CT molecular complexity index is 670. The van der Waals surface area contributed by atoms with Crippen LogP contribution in [-0.4, -0.2) is 9.36 Å². The van der Waals surface area contributed by atoms with E-state index in [2.05, 4.69) is 5.32 Å². The molecule has 0 saturated heterocycles. The summed E-state index contributed by atoms with van der Waals surface area (Å²) in [6, 6.07) is 5.62. The monoisotopic (exact) mass is 279 g/mol. The summed E-state index contributed by atoms with van der Waals surface area (Å²) in [5, 5.41) is 4.12. The minimum Gasteiger partial charge on any atom is -0.379 e. The molecule has 0 fully saturated rings. The zero-order valence-corrected chi connectivity index (χ0v) is 12.4. The second-order valence-electron chi connectivity index (χ2n) is 4.79. The average molecular weight is 280 g/mol. The molecule has 1 heterocycles. The molecule has 0 bridgehead atoms. The van der Waals surface area contributed by atoms with E-state index in [-0.39, 0.29) is 5.56 Å². The second kappa shape index (κ2) is 5.13. The third kappa shape index (κ3) is 2.68. The van der Waals surface area contributed by atoms with Crippen molar-refractivity contribution in [2.75, 3.05) is 5.32 Å². The molecule has 0 unspecified atom stereocenters. The van der Waals surface area contributed by atoms with Crippen LogP contribution in [0, 0.1) is 13.8 Å². The van der Waals surface area contributed by atoms with Crippen molar-refractivity contribution in [1.29, 1.82) is 0 Å².